The average Bonchev–Trinajstić information content (AvgIpc) is 2.62. The first-order valence-electron chi connectivity index (χ1n) is 4.58. The van der Waals surface area contributed by atoms with E-state index in [-0.39, 0.29) is 0 Å². The van der Waals surface area contributed by atoms with Crippen LogP contribution >= 0.6 is 0 Å². The highest BCUT2D eigenvalue weighted by Gasteiger charge is 2.35. The third-order valence-corrected chi connectivity index (χ3v) is 3.17. The van der Waals surface area contributed by atoms with Crippen LogP contribution in [0, 0.1) is 5.92 Å². The number of aromatic nitrogens is 1. The molecule has 1 aromatic rings. The molecule has 2 aliphatic rings. The van der Waals surface area contributed by atoms with Gasteiger partial charge in [-0.2, -0.15) is 0 Å². The van der Waals surface area contributed by atoms with Crippen LogP contribution in [0.4, 0.5) is 0 Å². The summed E-state index contributed by atoms with van der Waals surface area (Å²) in [6, 6.07) is 2.17. The van der Waals surface area contributed by atoms with Crippen LogP contribution in [-0.2, 0) is 6.42 Å². The Kier molecular flexibility index (Phi) is 1.27. The van der Waals surface area contributed by atoms with Crippen molar-refractivity contribution in [1.29, 1.82) is 0 Å². The highest BCUT2D eigenvalue weighted by atomic mass is 14.9. The van der Waals surface area contributed by atoms with Gasteiger partial charge in [0, 0.05) is 24.9 Å². The van der Waals surface area contributed by atoms with Crippen molar-refractivity contribution in [2.75, 3.05) is 13.1 Å². The molecule has 3 rings (SSSR count). The third-order valence-electron chi connectivity index (χ3n) is 3.17. The quantitative estimate of drug-likeness (QED) is 0.611. The van der Waals surface area contributed by atoms with Gasteiger partial charge < -0.3 is 5.32 Å². The van der Waals surface area contributed by atoms with E-state index in [1.807, 2.05) is 12.4 Å². The van der Waals surface area contributed by atoms with E-state index in [2.05, 4.69) is 16.4 Å². The van der Waals surface area contributed by atoms with Crippen molar-refractivity contribution in [2.24, 2.45) is 5.92 Å². The number of hydrogen-bond acceptors (Lipinski definition) is 2. The van der Waals surface area contributed by atoms with E-state index >= 15 is 0 Å². The van der Waals surface area contributed by atoms with E-state index in [9.17, 15) is 0 Å². The molecule has 1 aliphatic carbocycles. The first-order valence-corrected chi connectivity index (χ1v) is 4.58. The van der Waals surface area contributed by atoms with Gasteiger partial charge in [0.25, 0.3) is 0 Å². The van der Waals surface area contributed by atoms with Crippen molar-refractivity contribution in [3.05, 3.63) is 29.6 Å². The average molecular weight is 160 g/mol. The minimum atomic E-state index is 0.758. The molecule has 0 bridgehead atoms. The predicted octanol–water partition coefficient (Wildman–Crippen LogP) is 0.941. The number of fused-ring (bicyclic) bond motifs is 3. The van der Waals surface area contributed by atoms with Crippen LogP contribution in [0.5, 0.6) is 0 Å². The van der Waals surface area contributed by atoms with E-state index in [1.165, 1.54) is 24.1 Å². The summed E-state index contributed by atoms with van der Waals surface area (Å²) < 4.78 is 0. The number of rotatable bonds is 0. The fraction of sp³-hybridized carbons (Fsp3) is 0.500. The summed E-state index contributed by atoms with van der Waals surface area (Å²) in [7, 11) is 0. The van der Waals surface area contributed by atoms with Crippen LogP contribution < -0.4 is 5.32 Å². The van der Waals surface area contributed by atoms with Crippen molar-refractivity contribution < 1.29 is 0 Å². The van der Waals surface area contributed by atoms with Gasteiger partial charge in [0.05, 0.1) is 0 Å². The van der Waals surface area contributed by atoms with Gasteiger partial charge in [0.2, 0.25) is 0 Å². The van der Waals surface area contributed by atoms with Crippen LogP contribution in [0.15, 0.2) is 18.5 Å². The second kappa shape index (κ2) is 2.30. The Morgan fingerprint density at radius 3 is 3.42 bits per heavy atom. The van der Waals surface area contributed by atoms with E-state index in [1.54, 1.807) is 0 Å². The molecule has 0 unspecified atom stereocenters. The molecule has 2 heterocycles. The lowest BCUT2D eigenvalue weighted by Crippen LogP contribution is -2.10. The number of nitrogens with one attached hydrogen (secondary N) is 1. The van der Waals surface area contributed by atoms with Crippen molar-refractivity contribution in [3.63, 3.8) is 0 Å². The second-order valence-electron chi connectivity index (χ2n) is 3.80. The summed E-state index contributed by atoms with van der Waals surface area (Å²) in [5.74, 6) is 1.61. The van der Waals surface area contributed by atoms with Gasteiger partial charge >= 0.3 is 0 Å². The molecule has 0 amide bonds. The zero-order valence-electron chi connectivity index (χ0n) is 6.96. The van der Waals surface area contributed by atoms with Crippen LogP contribution in [0.1, 0.15) is 17.0 Å². The summed E-state index contributed by atoms with van der Waals surface area (Å²) >= 11 is 0. The standard InChI is InChI=1S/C10H12N2/c1-2-11-5-9-7(1)3-8-4-12-6-10(8)9/h1-2,5,8,10,12H,3-4,6H2/t8-,10-/m1/s1. The lowest BCUT2D eigenvalue weighted by atomic mass is 9.97. The maximum atomic E-state index is 4.19. The highest BCUT2D eigenvalue weighted by Crippen LogP contribution is 2.39. The minimum absolute atomic E-state index is 0.758. The molecular weight excluding hydrogens is 148 g/mol. The molecule has 0 radical (unpaired) electrons. The van der Waals surface area contributed by atoms with Crippen molar-refractivity contribution in [2.45, 2.75) is 12.3 Å². The first-order chi connectivity index (χ1) is 5.95. The Morgan fingerprint density at radius 2 is 2.42 bits per heavy atom. The van der Waals surface area contributed by atoms with Crippen molar-refractivity contribution in [1.82, 2.24) is 10.3 Å². The Morgan fingerprint density at radius 1 is 1.42 bits per heavy atom. The molecule has 0 spiro atoms. The smallest absolute Gasteiger partial charge is 0.0306 e. The van der Waals surface area contributed by atoms with Crippen LogP contribution in [0.25, 0.3) is 0 Å². The molecule has 2 heteroatoms. The molecule has 1 aromatic heterocycles. The number of pyridine rings is 1. The fourth-order valence-electron chi connectivity index (χ4n) is 2.55. The summed E-state index contributed by atoms with van der Waals surface area (Å²) in [5, 5.41) is 3.44. The molecule has 1 N–H and O–H groups in total. The molecule has 1 aliphatic heterocycles. The molecule has 2 nitrogen and oxygen atoms in total. The second-order valence-corrected chi connectivity index (χ2v) is 3.80. The highest BCUT2D eigenvalue weighted by molar-refractivity contribution is 5.35. The maximum Gasteiger partial charge on any atom is 0.0306 e. The van der Waals surface area contributed by atoms with Gasteiger partial charge in [-0.15, -0.1) is 0 Å². The van der Waals surface area contributed by atoms with Crippen molar-refractivity contribution in [3.8, 4) is 0 Å². The molecule has 1 saturated heterocycles. The van der Waals surface area contributed by atoms with Gasteiger partial charge in [0.1, 0.15) is 0 Å². The van der Waals surface area contributed by atoms with Crippen LogP contribution in [0.3, 0.4) is 0 Å². The van der Waals surface area contributed by atoms with E-state index < -0.39 is 0 Å². The van der Waals surface area contributed by atoms with Crippen LogP contribution in [0.2, 0.25) is 0 Å². The molecule has 12 heavy (non-hydrogen) atoms. The molecular formula is C10H12N2. The zero-order chi connectivity index (χ0) is 7.97. The molecule has 1 fully saturated rings. The normalized spacial score (nSPS) is 31.7. The molecule has 0 saturated carbocycles. The fourth-order valence-corrected chi connectivity index (χ4v) is 2.55. The largest absolute Gasteiger partial charge is 0.316 e. The molecule has 62 valence electrons. The van der Waals surface area contributed by atoms with Gasteiger partial charge in [-0.1, -0.05) is 0 Å². The monoisotopic (exact) mass is 160 g/mol. The summed E-state index contributed by atoms with van der Waals surface area (Å²) in [6.07, 6.45) is 5.22. The summed E-state index contributed by atoms with van der Waals surface area (Å²) in [4.78, 5) is 4.19. The van der Waals surface area contributed by atoms with Gasteiger partial charge in [0.15, 0.2) is 0 Å². The zero-order valence-corrected chi connectivity index (χ0v) is 6.96. The Bertz CT molecular complexity index is 308. The Balaban J connectivity index is 2.09. The van der Waals surface area contributed by atoms with Gasteiger partial charge in [-0.3, -0.25) is 4.98 Å². The van der Waals surface area contributed by atoms with E-state index in [0.717, 1.165) is 18.4 Å². The number of nitrogens with zero attached hydrogens (tertiary/aromatic N) is 1. The first kappa shape index (κ1) is 6.61. The SMILES string of the molecule is c1cc2c(cn1)[C@@H]1CNC[C@H]1C2. The summed E-state index contributed by atoms with van der Waals surface area (Å²) in [6.45, 7) is 2.35. The lowest BCUT2D eigenvalue weighted by Gasteiger charge is -2.06. The topological polar surface area (TPSA) is 24.9 Å². The van der Waals surface area contributed by atoms with Crippen molar-refractivity contribution >= 4 is 0 Å². The Hall–Kier alpha value is -0.890. The lowest BCUT2D eigenvalue weighted by molar-refractivity contribution is 0.564. The molecule has 0 aromatic carbocycles. The Labute approximate surface area is 72.0 Å². The van der Waals surface area contributed by atoms with E-state index in [4.69, 9.17) is 0 Å². The minimum Gasteiger partial charge on any atom is -0.316 e. The van der Waals surface area contributed by atoms with E-state index in [0.29, 0.717) is 0 Å². The van der Waals surface area contributed by atoms with Gasteiger partial charge in [-0.25, -0.2) is 0 Å². The number of hydrogen-bond donors (Lipinski definition) is 1. The predicted molar refractivity (Wildman–Crippen MR) is 47.0 cm³/mol. The summed E-state index contributed by atoms with van der Waals surface area (Å²) in [5.41, 5.74) is 3.02. The van der Waals surface area contributed by atoms with Crippen LogP contribution in [-0.4, -0.2) is 18.1 Å². The maximum absolute atomic E-state index is 4.19. The molecule has 2 atom stereocenters. The van der Waals surface area contributed by atoms with Gasteiger partial charge in [-0.05, 0) is 36.1 Å². The third kappa shape index (κ3) is 0.758.